The molecule has 5 nitrogen and oxygen atoms in total. The number of esters is 1. The van der Waals surface area contributed by atoms with Crippen LogP contribution < -0.4 is 11.3 Å². The van der Waals surface area contributed by atoms with Crippen LogP contribution in [0.3, 0.4) is 0 Å². The largest absolute Gasteiger partial charge is 0.450 e. The van der Waals surface area contributed by atoms with Gasteiger partial charge < -0.3 is 4.74 Å². The Hall–Kier alpha value is -1.54. The van der Waals surface area contributed by atoms with Gasteiger partial charge >= 0.3 is 5.97 Å². The predicted molar refractivity (Wildman–Crippen MR) is 73.6 cm³/mol. The Labute approximate surface area is 115 Å². The number of hydrogen-bond donors (Lipinski definition) is 2. The first-order chi connectivity index (χ1) is 8.80. The Bertz CT molecular complexity index is 361. The molecule has 3 N–H and O–H groups in total. The van der Waals surface area contributed by atoms with E-state index in [-0.39, 0.29) is 5.91 Å². The van der Waals surface area contributed by atoms with Crippen molar-refractivity contribution in [3.63, 3.8) is 0 Å². The van der Waals surface area contributed by atoms with E-state index in [9.17, 15) is 9.59 Å². The molecule has 0 saturated heterocycles. The van der Waals surface area contributed by atoms with Crippen molar-refractivity contribution >= 4 is 11.9 Å². The number of nitrogens with one attached hydrogen (secondary N) is 1. The van der Waals surface area contributed by atoms with Gasteiger partial charge in [-0.05, 0) is 27.2 Å². The Morgan fingerprint density at radius 2 is 1.95 bits per heavy atom. The van der Waals surface area contributed by atoms with Gasteiger partial charge in [-0.3, -0.25) is 10.2 Å². The molecule has 0 aliphatic carbocycles. The molecule has 1 amide bonds. The number of nitrogens with two attached hydrogens (primary N) is 1. The van der Waals surface area contributed by atoms with Gasteiger partial charge in [0.05, 0.1) is 0 Å². The monoisotopic (exact) mass is 268 g/mol. The van der Waals surface area contributed by atoms with Gasteiger partial charge in [0.1, 0.15) is 11.5 Å². The summed E-state index contributed by atoms with van der Waals surface area (Å²) in [4.78, 5) is 23.0. The minimum absolute atomic E-state index is 0.368. The predicted octanol–water partition coefficient (Wildman–Crippen LogP) is 1.52. The first-order valence-corrected chi connectivity index (χ1v) is 6.55. The molecule has 0 saturated carbocycles. The van der Waals surface area contributed by atoms with Crippen LogP contribution in [0.5, 0.6) is 0 Å². The third kappa shape index (κ3) is 9.09. The molecule has 0 aliphatic rings. The summed E-state index contributed by atoms with van der Waals surface area (Å²) in [6.45, 7) is 7.36. The van der Waals surface area contributed by atoms with Crippen molar-refractivity contribution < 1.29 is 14.3 Å². The summed E-state index contributed by atoms with van der Waals surface area (Å²) in [6.07, 6.45) is 3.53. The number of hydrogen-bond acceptors (Lipinski definition) is 4. The standard InChI is InChI=1S/C14H24N2O3/c1-5-6-7-8-11(13(18)16-15)9-10-12(17)19-14(2,3)4/h11H,5-8,15H2,1-4H3,(H,16,18)/t11-/m1/s1. The zero-order chi connectivity index (χ0) is 14.9. The number of ether oxygens (including phenoxy) is 1. The van der Waals surface area contributed by atoms with Crippen LogP contribution in [0.25, 0.3) is 0 Å². The molecule has 5 heteroatoms. The molecule has 0 fully saturated rings. The van der Waals surface area contributed by atoms with E-state index in [4.69, 9.17) is 10.6 Å². The molecule has 0 aromatic rings. The molecular weight excluding hydrogens is 244 g/mol. The molecule has 0 radical (unpaired) electrons. The second kappa shape index (κ2) is 8.54. The number of carbonyl (C=O) groups is 2. The molecule has 0 heterocycles. The van der Waals surface area contributed by atoms with Crippen LogP contribution in [0.4, 0.5) is 0 Å². The fraction of sp³-hybridized carbons (Fsp3) is 0.714. The Morgan fingerprint density at radius 1 is 1.32 bits per heavy atom. The Morgan fingerprint density at radius 3 is 2.42 bits per heavy atom. The van der Waals surface area contributed by atoms with E-state index >= 15 is 0 Å². The van der Waals surface area contributed by atoms with Crippen LogP contribution in [-0.4, -0.2) is 17.5 Å². The number of unbranched alkanes of at least 4 members (excludes halogenated alkanes) is 2. The second-order valence-corrected chi connectivity index (χ2v) is 5.33. The first kappa shape index (κ1) is 17.5. The van der Waals surface area contributed by atoms with E-state index in [0.29, 0.717) is 6.42 Å². The quantitative estimate of drug-likeness (QED) is 0.151. The highest BCUT2D eigenvalue weighted by atomic mass is 16.6. The van der Waals surface area contributed by atoms with Gasteiger partial charge in [-0.2, -0.15) is 0 Å². The van der Waals surface area contributed by atoms with Gasteiger partial charge in [-0.15, -0.1) is 0 Å². The van der Waals surface area contributed by atoms with Gasteiger partial charge in [-0.1, -0.05) is 32.1 Å². The average molecular weight is 268 g/mol. The Kier molecular flexibility index (Phi) is 7.85. The highest BCUT2D eigenvalue weighted by Crippen LogP contribution is 2.10. The molecule has 0 rings (SSSR count). The fourth-order valence-corrected chi connectivity index (χ4v) is 1.42. The topological polar surface area (TPSA) is 81.4 Å². The van der Waals surface area contributed by atoms with Crippen molar-refractivity contribution in [1.29, 1.82) is 0 Å². The van der Waals surface area contributed by atoms with Crippen LogP contribution in [-0.2, 0) is 14.3 Å². The second-order valence-electron chi connectivity index (χ2n) is 5.33. The van der Waals surface area contributed by atoms with Gasteiger partial charge in [-0.25, -0.2) is 10.6 Å². The zero-order valence-electron chi connectivity index (χ0n) is 12.2. The molecule has 1 atom stereocenters. The highest BCUT2D eigenvalue weighted by molar-refractivity contribution is 5.90. The van der Waals surface area contributed by atoms with Crippen LogP contribution >= 0.6 is 0 Å². The molecule has 0 unspecified atom stereocenters. The van der Waals surface area contributed by atoms with Gasteiger partial charge in [0.15, 0.2) is 0 Å². The summed E-state index contributed by atoms with van der Waals surface area (Å²) < 4.78 is 5.05. The van der Waals surface area contributed by atoms with Crippen molar-refractivity contribution in [3.05, 3.63) is 0 Å². The summed E-state index contributed by atoms with van der Waals surface area (Å²) in [5, 5.41) is 0. The lowest BCUT2D eigenvalue weighted by atomic mass is 10.0. The van der Waals surface area contributed by atoms with Gasteiger partial charge in [0.2, 0.25) is 5.91 Å². The zero-order valence-corrected chi connectivity index (χ0v) is 12.2. The summed E-state index contributed by atoms with van der Waals surface area (Å²) in [5.41, 5.74) is 1.49. The van der Waals surface area contributed by atoms with Crippen molar-refractivity contribution in [2.45, 2.75) is 59.0 Å². The minimum Gasteiger partial charge on any atom is -0.450 e. The third-order valence-corrected chi connectivity index (χ3v) is 2.30. The maximum atomic E-state index is 11.5. The van der Waals surface area contributed by atoms with Crippen LogP contribution in [0.15, 0.2) is 0 Å². The van der Waals surface area contributed by atoms with E-state index in [1.165, 1.54) is 0 Å². The lowest BCUT2D eigenvalue weighted by Crippen LogP contribution is -2.35. The highest BCUT2D eigenvalue weighted by Gasteiger charge is 2.17. The van der Waals surface area contributed by atoms with E-state index < -0.39 is 17.5 Å². The summed E-state index contributed by atoms with van der Waals surface area (Å²) >= 11 is 0. The first-order valence-electron chi connectivity index (χ1n) is 6.55. The van der Waals surface area contributed by atoms with Crippen LogP contribution in [0, 0.1) is 17.8 Å². The normalized spacial score (nSPS) is 12.1. The molecule has 0 aliphatic heterocycles. The van der Waals surface area contributed by atoms with E-state index in [0.717, 1.165) is 19.3 Å². The minimum atomic E-state index is -0.627. The molecule has 108 valence electrons. The Balaban J connectivity index is 4.55. The lowest BCUT2D eigenvalue weighted by molar-refractivity contribution is -0.147. The van der Waals surface area contributed by atoms with Gasteiger partial charge in [0, 0.05) is 5.92 Å². The number of rotatable bonds is 5. The van der Waals surface area contributed by atoms with E-state index in [1.54, 1.807) is 20.8 Å². The van der Waals surface area contributed by atoms with Crippen molar-refractivity contribution in [2.75, 3.05) is 0 Å². The molecule has 0 aromatic carbocycles. The molecule has 0 spiro atoms. The molecule has 0 bridgehead atoms. The van der Waals surface area contributed by atoms with Crippen molar-refractivity contribution in [2.24, 2.45) is 11.8 Å². The lowest BCUT2D eigenvalue weighted by Gasteiger charge is -2.17. The van der Waals surface area contributed by atoms with Crippen molar-refractivity contribution in [1.82, 2.24) is 5.43 Å². The van der Waals surface area contributed by atoms with E-state index in [2.05, 4.69) is 24.2 Å². The summed E-state index contributed by atoms with van der Waals surface area (Å²) in [7, 11) is 0. The molecule has 19 heavy (non-hydrogen) atoms. The number of amides is 1. The molecular formula is C14H24N2O3. The summed E-state index contributed by atoms with van der Waals surface area (Å²) in [5.74, 6) is 8.53. The smallest absolute Gasteiger partial charge is 0.384 e. The maximum absolute atomic E-state index is 11.5. The van der Waals surface area contributed by atoms with Crippen LogP contribution in [0.2, 0.25) is 0 Å². The van der Waals surface area contributed by atoms with Crippen LogP contribution in [0.1, 0.15) is 53.4 Å². The molecule has 0 aromatic heterocycles. The summed E-state index contributed by atoms with van der Waals surface area (Å²) in [6, 6.07) is 0. The van der Waals surface area contributed by atoms with E-state index in [1.807, 2.05) is 0 Å². The van der Waals surface area contributed by atoms with Gasteiger partial charge in [0.25, 0.3) is 0 Å². The maximum Gasteiger partial charge on any atom is 0.384 e. The average Bonchev–Trinajstić information content (AvgIpc) is 2.30. The third-order valence-electron chi connectivity index (χ3n) is 2.30. The van der Waals surface area contributed by atoms with Crippen molar-refractivity contribution in [3.8, 4) is 11.8 Å². The SMILES string of the molecule is CCCCC[C@H](C#CC(=O)OC(C)(C)C)C(=O)NN. The fourth-order valence-electron chi connectivity index (χ4n) is 1.42. The number of hydrazine groups is 1. The number of carbonyl (C=O) groups excluding carboxylic acids is 2.